The molecule has 6 nitrogen and oxygen atoms in total. The standard InChI is InChI=1S/C17H28N4O2/c1-20(2)15(16-7-5-11-23-16)12-18-17(22)19-13-8-10-21-9-4-3-6-14(13)21/h5,7,11,13-15H,3-4,6,8-10,12H2,1-2H3,(H2,18,19,22)/t13-,14-,15+/m0/s1. The molecular weight excluding hydrogens is 292 g/mol. The summed E-state index contributed by atoms with van der Waals surface area (Å²) in [6, 6.07) is 4.62. The van der Waals surface area contributed by atoms with Gasteiger partial charge in [-0.25, -0.2) is 4.79 Å². The van der Waals surface area contributed by atoms with Gasteiger partial charge in [0, 0.05) is 25.2 Å². The van der Waals surface area contributed by atoms with E-state index in [4.69, 9.17) is 4.42 Å². The first-order valence-electron chi connectivity index (χ1n) is 8.63. The van der Waals surface area contributed by atoms with E-state index in [1.54, 1.807) is 6.26 Å². The molecule has 6 heteroatoms. The number of urea groups is 1. The summed E-state index contributed by atoms with van der Waals surface area (Å²) in [6.45, 7) is 2.83. The molecule has 2 N–H and O–H groups in total. The molecule has 0 unspecified atom stereocenters. The molecule has 0 aliphatic carbocycles. The Balaban J connectivity index is 1.49. The minimum atomic E-state index is -0.0687. The number of amides is 2. The smallest absolute Gasteiger partial charge is 0.315 e. The van der Waals surface area contributed by atoms with Gasteiger partial charge in [-0.05, 0) is 52.0 Å². The quantitative estimate of drug-likeness (QED) is 0.869. The van der Waals surface area contributed by atoms with Gasteiger partial charge in [0.05, 0.1) is 12.3 Å². The van der Waals surface area contributed by atoms with E-state index in [-0.39, 0.29) is 18.1 Å². The zero-order valence-corrected chi connectivity index (χ0v) is 14.1. The molecule has 1 aromatic rings. The number of hydrogen-bond acceptors (Lipinski definition) is 4. The number of carbonyl (C=O) groups is 1. The topological polar surface area (TPSA) is 60.8 Å². The van der Waals surface area contributed by atoms with Crippen LogP contribution in [0.1, 0.15) is 37.5 Å². The summed E-state index contributed by atoms with van der Waals surface area (Å²) in [6.07, 6.45) is 6.51. The average molecular weight is 320 g/mol. The first-order valence-corrected chi connectivity index (χ1v) is 8.63. The molecule has 2 amide bonds. The van der Waals surface area contributed by atoms with Crippen LogP contribution in [-0.2, 0) is 0 Å². The van der Waals surface area contributed by atoms with Crippen LogP contribution < -0.4 is 10.6 Å². The molecule has 23 heavy (non-hydrogen) atoms. The molecule has 0 saturated carbocycles. The van der Waals surface area contributed by atoms with Crippen LogP contribution in [0.15, 0.2) is 22.8 Å². The lowest BCUT2D eigenvalue weighted by atomic mass is 9.99. The lowest BCUT2D eigenvalue weighted by molar-refractivity contribution is 0.178. The van der Waals surface area contributed by atoms with Gasteiger partial charge in [0.1, 0.15) is 5.76 Å². The largest absolute Gasteiger partial charge is 0.468 e. The zero-order valence-electron chi connectivity index (χ0n) is 14.1. The van der Waals surface area contributed by atoms with E-state index in [0.717, 1.165) is 18.7 Å². The molecule has 3 atom stereocenters. The van der Waals surface area contributed by atoms with Gasteiger partial charge >= 0.3 is 6.03 Å². The Bertz CT molecular complexity index is 503. The highest BCUT2D eigenvalue weighted by Gasteiger charge is 2.36. The highest BCUT2D eigenvalue weighted by Crippen LogP contribution is 2.27. The SMILES string of the molecule is CN(C)[C@H](CNC(=O)N[C@H]1CCN2CCCC[C@@H]12)c1ccco1. The van der Waals surface area contributed by atoms with E-state index < -0.39 is 0 Å². The number of carbonyl (C=O) groups excluding carboxylic acids is 1. The molecule has 0 aromatic carbocycles. The summed E-state index contributed by atoms with van der Waals surface area (Å²) < 4.78 is 5.47. The summed E-state index contributed by atoms with van der Waals surface area (Å²) in [4.78, 5) is 16.9. The minimum Gasteiger partial charge on any atom is -0.468 e. The summed E-state index contributed by atoms with van der Waals surface area (Å²) in [5.74, 6) is 0.870. The number of likely N-dealkylation sites (N-methyl/N-ethyl adjacent to an activating group) is 1. The Morgan fingerprint density at radius 3 is 3.00 bits per heavy atom. The van der Waals surface area contributed by atoms with Crippen LogP contribution >= 0.6 is 0 Å². The number of rotatable bonds is 5. The van der Waals surface area contributed by atoms with Crippen LogP contribution in [0.25, 0.3) is 0 Å². The number of nitrogens with zero attached hydrogens (tertiary/aromatic N) is 2. The number of nitrogens with one attached hydrogen (secondary N) is 2. The monoisotopic (exact) mass is 320 g/mol. The van der Waals surface area contributed by atoms with Crippen LogP contribution in [0.5, 0.6) is 0 Å². The van der Waals surface area contributed by atoms with Crippen LogP contribution in [-0.4, -0.2) is 61.6 Å². The fourth-order valence-corrected chi connectivity index (χ4v) is 3.84. The van der Waals surface area contributed by atoms with Gasteiger partial charge in [0.2, 0.25) is 0 Å². The summed E-state index contributed by atoms with van der Waals surface area (Å²) in [5, 5.41) is 6.18. The normalized spacial score (nSPS) is 26.0. The predicted octanol–water partition coefficient (Wildman–Crippen LogP) is 1.81. The first-order chi connectivity index (χ1) is 11.1. The van der Waals surface area contributed by atoms with Crippen molar-refractivity contribution in [3.05, 3.63) is 24.2 Å². The third-order valence-corrected chi connectivity index (χ3v) is 5.12. The van der Waals surface area contributed by atoms with E-state index in [2.05, 4.69) is 20.4 Å². The van der Waals surface area contributed by atoms with Crippen LogP contribution in [0.3, 0.4) is 0 Å². The number of piperidine rings is 1. The Morgan fingerprint density at radius 1 is 1.39 bits per heavy atom. The van der Waals surface area contributed by atoms with Gasteiger partial charge in [-0.3, -0.25) is 9.80 Å². The van der Waals surface area contributed by atoms with Crippen molar-refractivity contribution in [3.8, 4) is 0 Å². The average Bonchev–Trinajstić information content (AvgIpc) is 3.18. The first kappa shape index (κ1) is 16.3. The predicted molar refractivity (Wildman–Crippen MR) is 89.3 cm³/mol. The van der Waals surface area contributed by atoms with Crippen molar-refractivity contribution in [2.24, 2.45) is 0 Å². The number of hydrogen-bond donors (Lipinski definition) is 2. The third kappa shape index (κ3) is 3.87. The Morgan fingerprint density at radius 2 is 2.26 bits per heavy atom. The van der Waals surface area contributed by atoms with Crippen molar-refractivity contribution in [2.45, 2.75) is 43.8 Å². The Kier molecular flexibility index (Phi) is 5.23. The lowest BCUT2D eigenvalue weighted by Crippen LogP contribution is -2.50. The molecule has 1 aromatic heterocycles. The van der Waals surface area contributed by atoms with E-state index in [1.165, 1.54) is 25.8 Å². The molecule has 2 aliphatic heterocycles. The van der Waals surface area contributed by atoms with Crippen LogP contribution in [0.2, 0.25) is 0 Å². The van der Waals surface area contributed by atoms with E-state index in [9.17, 15) is 4.79 Å². The van der Waals surface area contributed by atoms with Crippen molar-refractivity contribution in [1.29, 1.82) is 0 Å². The highest BCUT2D eigenvalue weighted by molar-refractivity contribution is 5.74. The molecule has 2 fully saturated rings. The summed E-state index contributed by atoms with van der Waals surface area (Å²) in [7, 11) is 3.98. The second kappa shape index (κ2) is 7.36. The van der Waals surface area contributed by atoms with Crippen LogP contribution in [0.4, 0.5) is 4.79 Å². The second-order valence-electron chi connectivity index (χ2n) is 6.84. The molecule has 0 radical (unpaired) electrons. The maximum Gasteiger partial charge on any atom is 0.315 e. The third-order valence-electron chi connectivity index (χ3n) is 5.12. The second-order valence-corrected chi connectivity index (χ2v) is 6.84. The van der Waals surface area contributed by atoms with E-state index in [0.29, 0.717) is 12.6 Å². The Labute approximate surface area is 138 Å². The molecule has 0 bridgehead atoms. The maximum atomic E-state index is 12.3. The van der Waals surface area contributed by atoms with Gasteiger partial charge in [-0.15, -0.1) is 0 Å². The van der Waals surface area contributed by atoms with Crippen molar-refractivity contribution in [1.82, 2.24) is 20.4 Å². The summed E-state index contributed by atoms with van der Waals surface area (Å²) in [5.41, 5.74) is 0. The van der Waals surface area contributed by atoms with Crippen molar-refractivity contribution in [3.63, 3.8) is 0 Å². The number of fused-ring (bicyclic) bond motifs is 1. The fraction of sp³-hybridized carbons (Fsp3) is 0.706. The number of furan rings is 1. The zero-order chi connectivity index (χ0) is 16.2. The summed E-state index contributed by atoms with van der Waals surface area (Å²) >= 11 is 0. The highest BCUT2D eigenvalue weighted by atomic mass is 16.3. The molecule has 3 heterocycles. The lowest BCUT2D eigenvalue weighted by Gasteiger charge is -2.32. The molecule has 3 rings (SSSR count). The molecule has 2 aliphatic rings. The van der Waals surface area contributed by atoms with Gasteiger partial charge in [-0.1, -0.05) is 6.42 Å². The Hall–Kier alpha value is -1.53. The maximum absolute atomic E-state index is 12.3. The van der Waals surface area contributed by atoms with Gasteiger partial charge < -0.3 is 15.1 Å². The minimum absolute atomic E-state index is 0.0468. The van der Waals surface area contributed by atoms with Crippen molar-refractivity contribution < 1.29 is 9.21 Å². The van der Waals surface area contributed by atoms with Gasteiger partial charge in [0.25, 0.3) is 0 Å². The molecule has 0 spiro atoms. The van der Waals surface area contributed by atoms with Gasteiger partial charge in [-0.2, -0.15) is 0 Å². The van der Waals surface area contributed by atoms with Crippen molar-refractivity contribution >= 4 is 6.03 Å². The molecular formula is C17H28N4O2. The van der Waals surface area contributed by atoms with Crippen molar-refractivity contribution in [2.75, 3.05) is 33.7 Å². The molecule has 2 saturated heterocycles. The molecule has 128 valence electrons. The van der Waals surface area contributed by atoms with E-state index in [1.807, 2.05) is 26.2 Å². The van der Waals surface area contributed by atoms with Gasteiger partial charge in [0.15, 0.2) is 0 Å². The van der Waals surface area contributed by atoms with Crippen LogP contribution in [0, 0.1) is 0 Å². The fourth-order valence-electron chi connectivity index (χ4n) is 3.84. The van der Waals surface area contributed by atoms with E-state index >= 15 is 0 Å².